The zero-order chi connectivity index (χ0) is 20.4. The van der Waals surface area contributed by atoms with Gasteiger partial charge in [0.25, 0.3) is 0 Å². The minimum atomic E-state index is -3.63. The first-order valence-corrected chi connectivity index (χ1v) is 10.7. The molecule has 1 atom stereocenters. The van der Waals surface area contributed by atoms with Gasteiger partial charge in [-0.2, -0.15) is 0 Å². The molecule has 3 rings (SSSR count). The lowest BCUT2D eigenvalue weighted by Gasteiger charge is -2.22. The highest BCUT2D eigenvalue weighted by Gasteiger charge is 2.44. The van der Waals surface area contributed by atoms with E-state index in [9.17, 15) is 13.2 Å². The molecule has 0 bridgehead atoms. The molecule has 1 aliphatic heterocycles. The molecular weight excluding hydrogens is 386 g/mol. The van der Waals surface area contributed by atoms with E-state index in [2.05, 4.69) is 10.6 Å². The largest absolute Gasteiger partial charge is 0.492 e. The van der Waals surface area contributed by atoms with Gasteiger partial charge < -0.3 is 24.8 Å². The predicted molar refractivity (Wildman–Crippen MR) is 103 cm³/mol. The summed E-state index contributed by atoms with van der Waals surface area (Å²) in [4.78, 5) is 12.6. The van der Waals surface area contributed by atoms with Crippen molar-refractivity contribution in [3.63, 3.8) is 0 Å². The van der Waals surface area contributed by atoms with Crippen LogP contribution in [0.2, 0.25) is 0 Å². The van der Waals surface area contributed by atoms with Gasteiger partial charge >= 0.3 is 6.03 Å². The average Bonchev–Trinajstić information content (AvgIpc) is 3.26. The van der Waals surface area contributed by atoms with Crippen molar-refractivity contribution in [3.05, 3.63) is 18.2 Å². The maximum Gasteiger partial charge on any atom is 0.319 e. The smallest absolute Gasteiger partial charge is 0.319 e. The minimum Gasteiger partial charge on any atom is -0.492 e. The van der Waals surface area contributed by atoms with Crippen LogP contribution in [0.25, 0.3) is 0 Å². The van der Waals surface area contributed by atoms with Crippen LogP contribution >= 0.6 is 0 Å². The van der Waals surface area contributed by atoms with Crippen LogP contribution in [-0.2, 0) is 19.5 Å². The molecule has 28 heavy (non-hydrogen) atoms. The normalized spacial score (nSPS) is 21.2. The van der Waals surface area contributed by atoms with Crippen LogP contribution in [0.5, 0.6) is 5.75 Å². The van der Waals surface area contributed by atoms with Crippen LogP contribution in [0.4, 0.5) is 10.5 Å². The number of sulfonamides is 1. The Kier molecular flexibility index (Phi) is 6.13. The maximum absolute atomic E-state index is 12.5. The van der Waals surface area contributed by atoms with E-state index in [0.717, 1.165) is 17.1 Å². The van der Waals surface area contributed by atoms with Crippen LogP contribution in [0, 0.1) is 0 Å². The zero-order valence-electron chi connectivity index (χ0n) is 16.4. The van der Waals surface area contributed by atoms with Gasteiger partial charge in [-0.25, -0.2) is 17.5 Å². The SMILES string of the molecule is CCOc1ccc(S(=O)(=O)N(C)C)cc1NC(=O)N[C@H]1CCC2(C1)OCCO2. The third-order valence-electron chi connectivity index (χ3n) is 4.86. The van der Waals surface area contributed by atoms with Crippen molar-refractivity contribution in [1.29, 1.82) is 0 Å². The van der Waals surface area contributed by atoms with Crippen LogP contribution in [0.1, 0.15) is 26.2 Å². The number of amides is 2. The molecule has 0 aromatic heterocycles. The lowest BCUT2D eigenvalue weighted by molar-refractivity contribution is -0.151. The number of urea groups is 1. The number of carbonyl (C=O) groups is 1. The number of hydrogen-bond donors (Lipinski definition) is 2. The van der Waals surface area contributed by atoms with Crippen LogP contribution in [0.15, 0.2) is 23.1 Å². The zero-order valence-corrected chi connectivity index (χ0v) is 17.2. The van der Waals surface area contributed by atoms with Crippen LogP contribution in [0.3, 0.4) is 0 Å². The Morgan fingerprint density at radius 1 is 1.32 bits per heavy atom. The summed E-state index contributed by atoms with van der Waals surface area (Å²) in [6.45, 7) is 3.34. The van der Waals surface area contributed by atoms with E-state index in [4.69, 9.17) is 14.2 Å². The van der Waals surface area contributed by atoms with E-state index in [0.29, 0.717) is 37.7 Å². The number of anilines is 1. The predicted octanol–water partition coefficient (Wildman–Crippen LogP) is 1.75. The molecule has 2 amide bonds. The quantitative estimate of drug-likeness (QED) is 0.736. The fourth-order valence-corrected chi connectivity index (χ4v) is 4.39. The molecule has 1 aromatic rings. The van der Waals surface area contributed by atoms with E-state index in [1.54, 1.807) is 6.07 Å². The topological polar surface area (TPSA) is 106 Å². The molecule has 2 N–H and O–H groups in total. The van der Waals surface area contributed by atoms with Crippen molar-refractivity contribution in [2.75, 3.05) is 39.2 Å². The first-order valence-electron chi connectivity index (χ1n) is 9.30. The fourth-order valence-electron chi connectivity index (χ4n) is 3.46. The molecule has 1 aromatic carbocycles. The van der Waals surface area contributed by atoms with E-state index in [1.807, 2.05) is 6.92 Å². The lowest BCUT2D eigenvalue weighted by Crippen LogP contribution is -2.38. The Balaban J connectivity index is 1.71. The summed E-state index contributed by atoms with van der Waals surface area (Å²) in [6, 6.07) is 3.89. The standard InChI is InChI=1S/C18H27N3O6S/c1-4-25-16-6-5-14(28(23,24)21(2)3)11-15(16)20-17(22)19-13-7-8-18(12-13)26-9-10-27-18/h5-6,11,13H,4,7-10,12H2,1-3H3,(H2,19,20,22)/t13-/m0/s1. The van der Waals surface area contributed by atoms with Crippen molar-refractivity contribution in [1.82, 2.24) is 9.62 Å². The molecule has 1 saturated carbocycles. The number of carbonyl (C=O) groups excluding carboxylic acids is 1. The number of nitrogens with zero attached hydrogens (tertiary/aromatic N) is 1. The second kappa shape index (κ2) is 8.24. The Morgan fingerprint density at radius 2 is 2.04 bits per heavy atom. The van der Waals surface area contributed by atoms with Gasteiger partial charge in [0.15, 0.2) is 5.79 Å². The van der Waals surface area contributed by atoms with E-state index in [1.165, 1.54) is 26.2 Å². The van der Waals surface area contributed by atoms with Gasteiger partial charge in [0.05, 0.1) is 30.4 Å². The number of rotatable bonds is 6. The highest BCUT2D eigenvalue weighted by molar-refractivity contribution is 7.89. The van der Waals surface area contributed by atoms with Gasteiger partial charge in [0.2, 0.25) is 10.0 Å². The molecule has 0 radical (unpaired) electrons. The Bertz CT molecular complexity index is 821. The summed E-state index contributed by atoms with van der Waals surface area (Å²) >= 11 is 0. The molecule has 2 fully saturated rings. The highest BCUT2D eigenvalue weighted by Crippen LogP contribution is 2.37. The van der Waals surface area contributed by atoms with Gasteiger partial charge in [-0.1, -0.05) is 0 Å². The van der Waals surface area contributed by atoms with Crippen molar-refractivity contribution in [2.45, 2.75) is 42.9 Å². The van der Waals surface area contributed by atoms with Crippen molar-refractivity contribution in [2.24, 2.45) is 0 Å². The molecule has 0 unspecified atom stereocenters. The van der Waals surface area contributed by atoms with Crippen molar-refractivity contribution < 1.29 is 27.4 Å². The molecular formula is C18H27N3O6S. The number of ether oxygens (including phenoxy) is 3. The molecule has 1 spiro atoms. The van der Waals surface area contributed by atoms with Gasteiger partial charge in [-0.05, 0) is 31.5 Å². The Hall–Kier alpha value is -1.88. The third-order valence-corrected chi connectivity index (χ3v) is 6.67. The molecule has 1 aliphatic carbocycles. The maximum atomic E-state index is 12.5. The number of benzene rings is 1. The average molecular weight is 413 g/mol. The second-order valence-corrected chi connectivity index (χ2v) is 9.18. The molecule has 156 valence electrons. The molecule has 10 heteroatoms. The Morgan fingerprint density at radius 3 is 2.68 bits per heavy atom. The van der Waals surface area contributed by atoms with Gasteiger partial charge in [0, 0.05) is 33.0 Å². The van der Waals surface area contributed by atoms with Gasteiger partial charge in [0.1, 0.15) is 5.75 Å². The summed E-state index contributed by atoms with van der Waals surface area (Å²) < 4.78 is 42.8. The molecule has 9 nitrogen and oxygen atoms in total. The third kappa shape index (κ3) is 4.40. The van der Waals surface area contributed by atoms with Crippen molar-refractivity contribution in [3.8, 4) is 5.75 Å². The van der Waals surface area contributed by atoms with Gasteiger partial charge in [-0.15, -0.1) is 0 Å². The van der Waals surface area contributed by atoms with Crippen LogP contribution < -0.4 is 15.4 Å². The summed E-state index contributed by atoms with van der Waals surface area (Å²) in [7, 11) is -0.725. The highest BCUT2D eigenvalue weighted by atomic mass is 32.2. The van der Waals surface area contributed by atoms with Gasteiger partial charge in [-0.3, -0.25) is 0 Å². The number of nitrogens with one attached hydrogen (secondary N) is 2. The second-order valence-electron chi connectivity index (χ2n) is 7.02. The molecule has 2 aliphatic rings. The fraction of sp³-hybridized carbons (Fsp3) is 0.611. The number of hydrogen-bond acceptors (Lipinski definition) is 6. The molecule has 1 heterocycles. The molecule has 1 saturated heterocycles. The summed E-state index contributed by atoms with van der Waals surface area (Å²) in [5.74, 6) is -0.172. The Labute approximate surface area is 165 Å². The first kappa shape index (κ1) is 20.8. The minimum absolute atomic E-state index is 0.0730. The summed E-state index contributed by atoms with van der Waals surface area (Å²) in [5.41, 5.74) is 0.295. The first-order chi connectivity index (χ1) is 13.3. The van der Waals surface area contributed by atoms with E-state index < -0.39 is 21.8 Å². The lowest BCUT2D eigenvalue weighted by atomic mass is 10.2. The van der Waals surface area contributed by atoms with Crippen molar-refractivity contribution >= 4 is 21.7 Å². The monoisotopic (exact) mass is 413 g/mol. The van der Waals surface area contributed by atoms with E-state index in [-0.39, 0.29) is 10.9 Å². The summed E-state index contributed by atoms with van der Waals surface area (Å²) in [6.07, 6.45) is 2.08. The van der Waals surface area contributed by atoms with E-state index >= 15 is 0 Å². The van der Waals surface area contributed by atoms with Crippen LogP contribution in [-0.4, -0.2) is 64.5 Å². The summed E-state index contributed by atoms with van der Waals surface area (Å²) in [5, 5.41) is 5.62.